The average Bonchev–Trinajstić information content (AvgIpc) is 3.24. The molecule has 1 saturated heterocycles. The Kier molecular flexibility index (Phi) is 5.21. The molecule has 2 aromatic rings. The van der Waals surface area contributed by atoms with Crippen LogP contribution in [0.1, 0.15) is 32.5 Å². The van der Waals surface area contributed by atoms with Crippen molar-refractivity contribution < 1.29 is 4.74 Å². The van der Waals surface area contributed by atoms with E-state index in [0.717, 1.165) is 19.7 Å². The van der Waals surface area contributed by atoms with Gasteiger partial charge in [-0.05, 0) is 33.9 Å². The first-order chi connectivity index (χ1) is 11.9. The molecule has 1 aliphatic heterocycles. The Balaban J connectivity index is 1.69. The summed E-state index contributed by atoms with van der Waals surface area (Å²) in [6.45, 7) is 8.93. The van der Waals surface area contributed by atoms with Crippen LogP contribution in [0.4, 0.5) is 0 Å². The molecule has 0 radical (unpaired) electrons. The highest BCUT2D eigenvalue weighted by molar-refractivity contribution is 5.10. The van der Waals surface area contributed by atoms with Crippen LogP contribution in [0.3, 0.4) is 0 Å². The third-order valence-electron chi connectivity index (χ3n) is 5.46. The third-order valence-corrected chi connectivity index (χ3v) is 5.46. The summed E-state index contributed by atoms with van der Waals surface area (Å²) in [5.74, 6) is 0. The molecular weight excluding hydrogens is 318 g/mol. The maximum Gasteiger partial charge on any atom is 0.137 e. The number of aromatic nitrogens is 5. The third kappa shape index (κ3) is 3.61. The van der Waals surface area contributed by atoms with E-state index >= 15 is 0 Å². The molecule has 0 amide bonds. The molecule has 1 N–H and O–H groups in total. The molecule has 2 aromatic heterocycles. The fourth-order valence-electron chi connectivity index (χ4n) is 3.37. The molecule has 3 atom stereocenters. The van der Waals surface area contributed by atoms with Gasteiger partial charge in [-0.15, -0.1) is 0 Å². The van der Waals surface area contributed by atoms with Gasteiger partial charge in [0.05, 0.1) is 30.0 Å². The molecule has 3 rings (SSSR count). The zero-order chi connectivity index (χ0) is 18.0. The highest BCUT2D eigenvalue weighted by Crippen LogP contribution is 2.28. The predicted molar refractivity (Wildman–Crippen MR) is 95.1 cm³/mol. The fraction of sp³-hybridized carbons (Fsp3) is 0.706. The van der Waals surface area contributed by atoms with Crippen molar-refractivity contribution in [2.24, 2.45) is 7.05 Å². The molecule has 3 heterocycles. The topological polar surface area (TPSA) is 73.0 Å². The monoisotopic (exact) mass is 347 g/mol. The minimum atomic E-state index is -0.181. The first-order valence-electron chi connectivity index (χ1n) is 8.79. The van der Waals surface area contributed by atoms with E-state index in [0.29, 0.717) is 0 Å². The summed E-state index contributed by atoms with van der Waals surface area (Å²) in [5.41, 5.74) is 0.996. The largest absolute Gasteiger partial charge is 0.374 e. The lowest BCUT2D eigenvalue weighted by Crippen LogP contribution is -2.53. The quantitative estimate of drug-likeness (QED) is 0.833. The number of hydrogen-bond donors (Lipinski definition) is 1. The summed E-state index contributed by atoms with van der Waals surface area (Å²) in [4.78, 5) is 6.42. The van der Waals surface area contributed by atoms with Gasteiger partial charge in [0.25, 0.3) is 0 Å². The molecule has 8 nitrogen and oxygen atoms in total. The summed E-state index contributed by atoms with van der Waals surface area (Å²) in [5, 5.41) is 12.3. The predicted octanol–water partition coefficient (Wildman–Crippen LogP) is 0.797. The van der Waals surface area contributed by atoms with Crippen molar-refractivity contribution in [1.82, 2.24) is 34.8 Å². The van der Waals surface area contributed by atoms with Gasteiger partial charge in [-0.3, -0.25) is 9.58 Å². The molecule has 0 saturated carbocycles. The van der Waals surface area contributed by atoms with Gasteiger partial charge < -0.3 is 10.1 Å². The van der Waals surface area contributed by atoms with Gasteiger partial charge in [-0.25, -0.2) is 9.67 Å². The summed E-state index contributed by atoms with van der Waals surface area (Å²) < 4.78 is 9.95. The minimum absolute atomic E-state index is 0.0724. The van der Waals surface area contributed by atoms with E-state index in [2.05, 4.69) is 59.3 Å². The van der Waals surface area contributed by atoms with Crippen LogP contribution >= 0.6 is 0 Å². The molecule has 1 aliphatic rings. The van der Waals surface area contributed by atoms with Crippen molar-refractivity contribution in [3.63, 3.8) is 0 Å². The van der Waals surface area contributed by atoms with E-state index in [1.54, 1.807) is 12.7 Å². The molecule has 25 heavy (non-hydrogen) atoms. The molecule has 0 bridgehead atoms. The van der Waals surface area contributed by atoms with Crippen LogP contribution in [-0.2, 0) is 17.3 Å². The van der Waals surface area contributed by atoms with Gasteiger partial charge >= 0.3 is 0 Å². The van der Waals surface area contributed by atoms with Crippen LogP contribution in [0.2, 0.25) is 0 Å². The molecule has 0 spiro atoms. The summed E-state index contributed by atoms with van der Waals surface area (Å²) in [6.07, 6.45) is 5.26. The lowest BCUT2D eigenvalue weighted by Gasteiger charge is -2.40. The number of nitrogens with one attached hydrogen (secondary N) is 1. The molecule has 8 heteroatoms. The van der Waals surface area contributed by atoms with Gasteiger partial charge in [0.1, 0.15) is 12.7 Å². The first-order valence-corrected chi connectivity index (χ1v) is 8.79. The molecule has 0 aliphatic carbocycles. The zero-order valence-electron chi connectivity index (χ0n) is 15.8. The van der Waals surface area contributed by atoms with Crippen molar-refractivity contribution in [2.75, 3.05) is 26.7 Å². The van der Waals surface area contributed by atoms with Gasteiger partial charge in [-0.1, -0.05) is 0 Å². The zero-order valence-corrected chi connectivity index (χ0v) is 15.8. The second-order valence-corrected chi connectivity index (χ2v) is 7.34. The minimum Gasteiger partial charge on any atom is -0.374 e. The second-order valence-electron chi connectivity index (χ2n) is 7.34. The van der Waals surface area contributed by atoms with Crippen LogP contribution in [0.5, 0.6) is 0 Å². The van der Waals surface area contributed by atoms with Crippen LogP contribution in [0.25, 0.3) is 0 Å². The van der Waals surface area contributed by atoms with Crippen molar-refractivity contribution in [3.05, 3.63) is 30.6 Å². The Labute approximate surface area is 149 Å². The maximum atomic E-state index is 6.11. The van der Waals surface area contributed by atoms with Gasteiger partial charge in [0.2, 0.25) is 0 Å². The van der Waals surface area contributed by atoms with E-state index < -0.39 is 0 Å². The SMILES string of the molecule is CC(NC[C@@H]1OCCN(C)[C@H]1c1ccnn1C)C(C)(C)n1cncn1. The second kappa shape index (κ2) is 7.23. The average molecular weight is 347 g/mol. The lowest BCUT2D eigenvalue weighted by molar-refractivity contribution is -0.0657. The Bertz CT molecular complexity index is 666. The fourth-order valence-corrected chi connectivity index (χ4v) is 3.37. The number of morpholine rings is 1. The number of ether oxygens (including phenoxy) is 1. The Morgan fingerprint density at radius 3 is 2.80 bits per heavy atom. The Hall–Kier alpha value is -1.77. The smallest absolute Gasteiger partial charge is 0.137 e. The molecule has 1 unspecified atom stereocenters. The van der Waals surface area contributed by atoms with Gasteiger partial charge in [0.15, 0.2) is 0 Å². The van der Waals surface area contributed by atoms with Crippen LogP contribution in [0.15, 0.2) is 24.9 Å². The van der Waals surface area contributed by atoms with E-state index in [1.165, 1.54) is 5.69 Å². The summed E-state index contributed by atoms with van der Waals surface area (Å²) in [7, 11) is 4.13. The number of likely N-dealkylation sites (N-methyl/N-ethyl adjacent to an activating group) is 1. The van der Waals surface area contributed by atoms with E-state index in [4.69, 9.17) is 4.74 Å². The summed E-state index contributed by atoms with van der Waals surface area (Å²) in [6, 6.07) is 2.47. The number of hydrogen-bond acceptors (Lipinski definition) is 6. The standard InChI is InChI=1S/C17H29N7O/c1-13(17(2,3)24-12-18-11-21-24)19-10-15-16(22(4)8-9-25-15)14-6-7-20-23(14)5/h6-7,11-13,15-16,19H,8-10H2,1-5H3/t13?,15-,16-/m0/s1. The van der Waals surface area contributed by atoms with Crippen LogP contribution in [0, 0.1) is 0 Å². The number of nitrogens with zero attached hydrogens (tertiary/aromatic N) is 6. The Morgan fingerprint density at radius 2 is 2.16 bits per heavy atom. The number of rotatable bonds is 6. The maximum absolute atomic E-state index is 6.11. The molecule has 138 valence electrons. The molecule has 0 aromatic carbocycles. The molecular formula is C17H29N7O. The van der Waals surface area contributed by atoms with Crippen molar-refractivity contribution in [3.8, 4) is 0 Å². The van der Waals surface area contributed by atoms with E-state index in [9.17, 15) is 0 Å². The normalized spacial score (nSPS) is 23.7. The van der Waals surface area contributed by atoms with Crippen LogP contribution < -0.4 is 5.32 Å². The Morgan fingerprint density at radius 1 is 1.36 bits per heavy atom. The van der Waals surface area contributed by atoms with Gasteiger partial charge in [0, 0.05) is 32.4 Å². The highest BCUT2D eigenvalue weighted by Gasteiger charge is 2.35. The van der Waals surface area contributed by atoms with Crippen molar-refractivity contribution in [1.29, 1.82) is 0 Å². The van der Waals surface area contributed by atoms with Crippen molar-refractivity contribution >= 4 is 0 Å². The van der Waals surface area contributed by atoms with E-state index in [1.807, 2.05) is 22.6 Å². The van der Waals surface area contributed by atoms with E-state index in [-0.39, 0.29) is 23.7 Å². The van der Waals surface area contributed by atoms with Gasteiger partial charge in [-0.2, -0.15) is 10.2 Å². The van der Waals surface area contributed by atoms with Crippen molar-refractivity contribution in [2.45, 2.75) is 44.5 Å². The lowest BCUT2D eigenvalue weighted by atomic mass is 9.95. The first kappa shape index (κ1) is 18.0. The highest BCUT2D eigenvalue weighted by atomic mass is 16.5. The van der Waals surface area contributed by atoms with Crippen LogP contribution in [-0.4, -0.2) is 68.3 Å². The summed E-state index contributed by atoms with van der Waals surface area (Å²) >= 11 is 0. The number of aryl methyl sites for hydroxylation is 1. The molecule has 1 fully saturated rings.